The molecule has 1 aliphatic heterocycles. The van der Waals surface area contributed by atoms with Crippen molar-refractivity contribution in [1.29, 1.82) is 0 Å². The van der Waals surface area contributed by atoms with E-state index in [0.29, 0.717) is 24.0 Å². The molecule has 0 radical (unpaired) electrons. The SMILES string of the molecule is Cc1cc(C2CCN(C(=O)C(=O)NC(C)Cc3ccc(F)c(Br)c3)CC2)on1. The number of benzene rings is 1. The molecule has 3 rings (SSSR count). The largest absolute Gasteiger partial charge is 0.361 e. The van der Waals surface area contributed by atoms with Crippen molar-refractivity contribution in [2.24, 2.45) is 0 Å². The van der Waals surface area contributed by atoms with Gasteiger partial charge in [-0.3, -0.25) is 9.59 Å². The van der Waals surface area contributed by atoms with Gasteiger partial charge in [-0.25, -0.2) is 4.39 Å². The Kier molecular flexibility index (Phi) is 6.49. The van der Waals surface area contributed by atoms with Crippen molar-refractivity contribution in [3.8, 4) is 0 Å². The number of hydrogen-bond acceptors (Lipinski definition) is 4. The number of nitrogens with one attached hydrogen (secondary N) is 1. The van der Waals surface area contributed by atoms with Crippen LogP contribution in [0.1, 0.15) is 42.7 Å². The number of piperidine rings is 1. The maximum Gasteiger partial charge on any atom is 0.311 e. The van der Waals surface area contributed by atoms with E-state index in [-0.39, 0.29) is 17.8 Å². The van der Waals surface area contributed by atoms with E-state index >= 15 is 0 Å². The number of aryl methyl sites for hydroxylation is 1. The van der Waals surface area contributed by atoms with Gasteiger partial charge in [0.1, 0.15) is 11.6 Å². The second-order valence-corrected chi connectivity index (χ2v) is 8.12. The number of hydrogen-bond donors (Lipinski definition) is 1. The number of nitrogens with zero attached hydrogens (tertiary/aromatic N) is 2. The summed E-state index contributed by atoms with van der Waals surface area (Å²) in [5, 5.41) is 6.65. The predicted molar refractivity (Wildman–Crippen MR) is 105 cm³/mol. The second-order valence-electron chi connectivity index (χ2n) is 7.26. The fourth-order valence-electron chi connectivity index (χ4n) is 3.44. The van der Waals surface area contributed by atoms with Gasteiger partial charge in [-0.2, -0.15) is 0 Å². The van der Waals surface area contributed by atoms with Crippen molar-refractivity contribution in [3.05, 3.63) is 51.6 Å². The molecule has 1 N–H and O–H groups in total. The van der Waals surface area contributed by atoms with Gasteiger partial charge >= 0.3 is 11.8 Å². The number of aromatic nitrogens is 1. The fourth-order valence-corrected chi connectivity index (χ4v) is 3.87. The highest BCUT2D eigenvalue weighted by molar-refractivity contribution is 9.10. The van der Waals surface area contributed by atoms with Gasteiger partial charge in [-0.05, 0) is 66.7 Å². The van der Waals surface area contributed by atoms with E-state index < -0.39 is 11.8 Å². The molecule has 1 aromatic carbocycles. The highest BCUT2D eigenvalue weighted by Crippen LogP contribution is 2.28. The molecular weight excluding hydrogens is 429 g/mol. The number of carbonyl (C=O) groups excluding carboxylic acids is 2. The third-order valence-electron chi connectivity index (χ3n) is 4.93. The van der Waals surface area contributed by atoms with Gasteiger partial charge in [0.15, 0.2) is 0 Å². The van der Waals surface area contributed by atoms with E-state index in [4.69, 9.17) is 4.52 Å². The Bertz CT molecular complexity index is 862. The lowest BCUT2D eigenvalue weighted by Gasteiger charge is -2.30. The van der Waals surface area contributed by atoms with Crippen LogP contribution in [0.15, 0.2) is 33.3 Å². The standard InChI is InChI=1S/C20H23BrFN3O3/c1-12(9-14-3-4-17(22)16(21)11-14)23-19(26)20(27)25-7-5-15(6-8-25)18-10-13(2)24-28-18/h3-4,10-12,15H,5-9H2,1-2H3,(H,23,26). The van der Waals surface area contributed by atoms with E-state index in [1.807, 2.05) is 19.9 Å². The Hall–Kier alpha value is -2.22. The van der Waals surface area contributed by atoms with Gasteiger partial charge in [0.2, 0.25) is 0 Å². The number of rotatable bonds is 4. The monoisotopic (exact) mass is 451 g/mol. The molecule has 1 unspecified atom stereocenters. The molecule has 1 aromatic heterocycles. The Balaban J connectivity index is 1.49. The molecule has 8 heteroatoms. The van der Waals surface area contributed by atoms with Gasteiger partial charge < -0.3 is 14.7 Å². The summed E-state index contributed by atoms with van der Waals surface area (Å²) in [4.78, 5) is 26.4. The average Bonchev–Trinajstić information content (AvgIpc) is 3.10. The van der Waals surface area contributed by atoms with Crippen LogP contribution in [0.3, 0.4) is 0 Å². The van der Waals surface area contributed by atoms with Gasteiger partial charge in [0.05, 0.1) is 10.2 Å². The molecule has 0 spiro atoms. The third-order valence-corrected chi connectivity index (χ3v) is 5.54. The van der Waals surface area contributed by atoms with Gasteiger partial charge in [-0.15, -0.1) is 0 Å². The minimum absolute atomic E-state index is 0.226. The number of carbonyl (C=O) groups is 2. The van der Waals surface area contributed by atoms with Crippen molar-refractivity contribution in [1.82, 2.24) is 15.4 Å². The van der Waals surface area contributed by atoms with E-state index in [0.717, 1.165) is 29.9 Å². The first-order chi connectivity index (χ1) is 13.3. The molecular formula is C20H23BrFN3O3. The molecule has 1 fully saturated rings. The fraction of sp³-hybridized carbons (Fsp3) is 0.450. The van der Waals surface area contributed by atoms with Crippen molar-refractivity contribution < 1.29 is 18.5 Å². The molecule has 2 aromatic rings. The van der Waals surface area contributed by atoms with E-state index in [9.17, 15) is 14.0 Å². The summed E-state index contributed by atoms with van der Waals surface area (Å²) in [6.45, 7) is 4.72. The van der Waals surface area contributed by atoms with Gasteiger partial charge in [-0.1, -0.05) is 11.2 Å². The zero-order valence-electron chi connectivity index (χ0n) is 15.9. The molecule has 28 heavy (non-hydrogen) atoms. The van der Waals surface area contributed by atoms with Crippen LogP contribution in [0.5, 0.6) is 0 Å². The smallest absolute Gasteiger partial charge is 0.311 e. The topological polar surface area (TPSA) is 75.4 Å². The summed E-state index contributed by atoms with van der Waals surface area (Å²) < 4.78 is 19.0. The summed E-state index contributed by atoms with van der Waals surface area (Å²) in [5.41, 5.74) is 1.71. The maximum absolute atomic E-state index is 13.3. The highest BCUT2D eigenvalue weighted by atomic mass is 79.9. The third kappa shape index (κ3) is 4.98. The number of likely N-dealkylation sites (tertiary alicyclic amines) is 1. The van der Waals surface area contributed by atoms with Crippen LogP contribution in [0, 0.1) is 12.7 Å². The molecule has 1 aliphatic rings. The molecule has 0 saturated carbocycles. The highest BCUT2D eigenvalue weighted by Gasteiger charge is 2.29. The zero-order valence-corrected chi connectivity index (χ0v) is 17.5. The molecule has 2 amide bonds. The number of amides is 2. The summed E-state index contributed by atoms with van der Waals surface area (Å²) >= 11 is 3.15. The molecule has 150 valence electrons. The minimum Gasteiger partial charge on any atom is -0.361 e. The summed E-state index contributed by atoms with van der Waals surface area (Å²) in [5.74, 6) is -0.390. The average molecular weight is 452 g/mol. The number of halogens is 2. The summed E-state index contributed by atoms with van der Waals surface area (Å²) in [7, 11) is 0. The minimum atomic E-state index is -0.609. The molecule has 0 bridgehead atoms. The molecule has 0 aliphatic carbocycles. The van der Waals surface area contributed by atoms with Gasteiger partial charge in [0.25, 0.3) is 0 Å². The predicted octanol–water partition coefficient (Wildman–Crippen LogP) is 3.34. The van der Waals surface area contributed by atoms with Crippen LogP contribution in [-0.2, 0) is 16.0 Å². The van der Waals surface area contributed by atoms with Crippen LogP contribution >= 0.6 is 15.9 Å². The lowest BCUT2D eigenvalue weighted by Crippen LogP contribution is -2.48. The van der Waals surface area contributed by atoms with Gasteiger partial charge in [0, 0.05) is 31.1 Å². The first kappa shape index (κ1) is 20.5. The van der Waals surface area contributed by atoms with Crippen molar-refractivity contribution >= 4 is 27.7 Å². The molecule has 6 nitrogen and oxygen atoms in total. The van der Waals surface area contributed by atoms with Crippen LogP contribution in [-0.4, -0.2) is 41.0 Å². The van der Waals surface area contributed by atoms with Crippen LogP contribution in [0.4, 0.5) is 4.39 Å². The summed E-state index contributed by atoms with van der Waals surface area (Å²) in [6, 6.07) is 6.39. The van der Waals surface area contributed by atoms with Crippen LogP contribution in [0.25, 0.3) is 0 Å². The molecule has 1 atom stereocenters. The lowest BCUT2D eigenvalue weighted by atomic mass is 9.94. The quantitative estimate of drug-likeness (QED) is 0.723. The first-order valence-corrected chi connectivity index (χ1v) is 10.1. The summed E-state index contributed by atoms with van der Waals surface area (Å²) in [6.07, 6.45) is 1.99. The second kappa shape index (κ2) is 8.86. The van der Waals surface area contributed by atoms with E-state index in [1.165, 1.54) is 6.07 Å². The van der Waals surface area contributed by atoms with Crippen molar-refractivity contribution in [3.63, 3.8) is 0 Å². The Labute approximate surface area is 171 Å². The normalized spacial score (nSPS) is 16.1. The Morgan fingerprint density at radius 1 is 1.36 bits per heavy atom. The Morgan fingerprint density at radius 2 is 2.07 bits per heavy atom. The molecule has 2 heterocycles. The maximum atomic E-state index is 13.3. The van der Waals surface area contributed by atoms with E-state index in [1.54, 1.807) is 17.0 Å². The molecule has 1 saturated heterocycles. The van der Waals surface area contributed by atoms with Crippen molar-refractivity contribution in [2.75, 3.05) is 13.1 Å². The van der Waals surface area contributed by atoms with Crippen LogP contribution in [0.2, 0.25) is 0 Å². The van der Waals surface area contributed by atoms with Crippen molar-refractivity contribution in [2.45, 2.75) is 45.1 Å². The first-order valence-electron chi connectivity index (χ1n) is 9.30. The Morgan fingerprint density at radius 3 is 2.68 bits per heavy atom. The lowest BCUT2D eigenvalue weighted by molar-refractivity contribution is -0.146. The zero-order chi connectivity index (χ0) is 20.3. The van der Waals surface area contributed by atoms with Crippen LogP contribution < -0.4 is 5.32 Å². The van der Waals surface area contributed by atoms with E-state index in [2.05, 4.69) is 26.4 Å².